The largest absolute Gasteiger partial charge is 0.331 e. The minimum atomic E-state index is 0.910. The molecule has 15 heavy (non-hydrogen) atoms. The molecule has 0 aliphatic carbocycles. The van der Waals surface area contributed by atoms with Gasteiger partial charge in [-0.05, 0) is 22.9 Å². The first-order valence-corrected chi connectivity index (χ1v) is 5.19. The van der Waals surface area contributed by atoms with Crippen LogP contribution in [0, 0.1) is 0 Å². The summed E-state index contributed by atoms with van der Waals surface area (Å²) < 4.78 is 0. The van der Waals surface area contributed by atoms with Gasteiger partial charge in [-0.2, -0.15) is 0 Å². The van der Waals surface area contributed by atoms with Crippen molar-refractivity contribution in [1.29, 1.82) is 0 Å². The normalized spacial score (nSPS) is 15.1. The molecule has 2 nitrogen and oxygen atoms in total. The molecular weight excluding hydrogens is 184 g/mol. The van der Waals surface area contributed by atoms with Crippen LogP contribution in [0.3, 0.4) is 0 Å². The first-order chi connectivity index (χ1) is 7.43. The monoisotopic (exact) mass is 196 g/mol. The third-order valence-corrected chi connectivity index (χ3v) is 2.76. The molecule has 0 fully saturated rings. The summed E-state index contributed by atoms with van der Waals surface area (Å²) in [6.45, 7) is 1.91. The van der Waals surface area contributed by atoms with E-state index in [1.807, 2.05) is 6.34 Å². The molecule has 0 N–H and O–H groups in total. The van der Waals surface area contributed by atoms with Crippen LogP contribution >= 0.6 is 0 Å². The van der Waals surface area contributed by atoms with Gasteiger partial charge in [0.15, 0.2) is 0 Å². The summed E-state index contributed by atoms with van der Waals surface area (Å²) in [6, 6.07) is 15.0. The Labute approximate surface area is 88.9 Å². The fraction of sp³-hybridized carbons (Fsp3) is 0.154. The van der Waals surface area contributed by atoms with E-state index in [9.17, 15) is 0 Å². The average Bonchev–Trinajstić information content (AvgIpc) is 2.82. The molecular formula is C13H12N2. The van der Waals surface area contributed by atoms with Gasteiger partial charge < -0.3 is 4.90 Å². The van der Waals surface area contributed by atoms with E-state index in [-0.39, 0.29) is 0 Å². The van der Waals surface area contributed by atoms with Crippen molar-refractivity contribution in [2.75, 3.05) is 18.0 Å². The molecule has 2 aromatic carbocycles. The SMILES string of the molecule is C1=NCCN1c1ccc2ccccc2c1. The van der Waals surface area contributed by atoms with Crippen molar-refractivity contribution >= 4 is 22.8 Å². The quantitative estimate of drug-likeness (QED) is 0.684. The molecule has 0 saturated carbocycles. The number of nitrogens with zero attached hydrogens (tertiary/aromatic N) is 2. The van der Waals surface area contributed by atoms with E-state index in [1.165, 1.54) is 16.5 Å². The van der Waals surface area contributed by atoms with E-state index < -0.39 is 0 Å². The number of rotatable bonds is 1. The third-order valence-electron chi connectivity index (χ3n) is 2.76. The summed E-state index contributed by atoms with van der Waals surface area (Å²) in [6.07, 6.45) is 1.92. The molecule has 1 aliphatic rings. The summed E-state index contributed by atoms with van der Waals surface area (Å²) in [5.74, 6) is 0. The second-order valence-electron chi connectivity index (χ2n) is 3.75. The predicted molar refractivity (Wildman–Crippen MR) is 64.7 cm³/mol. The van der Waals surface area contributed by atoms with E-state index in [0.717, 1.165) is 13.1 Å². The Bertz CT molecular complexity index is 517. The molecule has 0 aromatic heterocycles. The van der Waals surface area contributed by atoms with E-state index in [1.54, 1.807) is 0 Å². The van der Waals surface area contributed by atoms with E-state index in [2.05, 4.69) is 52.4 Å². The smallest absolute Gasteiger partial charge is 0.0895 e. The lowest BCUT2D eigenvalue weighted by molar-refractivity contribution is 1.02. The number of benzene rings is 2. The molecule has 1 heterocycles. The number of anilines is 1. The zero-order valence-electron chi connectivity index (χ0n) is 8.43. The second-order valence-corrected chi connectivity index (χ2v) is 3.75. The van der Waals surface area contributed by atoms with Crippen molar-refractivity contribution in [3.63, 3.8) is 0 Å². The van der Waals surface area contributed by atoms with Crippen LogP contribution < -0.4 is 4.90 Å². The Kier molecular flexibility index (Phi) is 1.91. The number of hydrogen-bond donors (Lipinski definition) is 0. The molecule has 0 saturated heterocycles. The summed E-state index contributed by atoms with van der Waals surface area (Å²) in [4.78, 5) is 6.41. The Morgan fingerprint density at radius 1 is 1.00 bits per heavy atom. The van der Waals surface area contributed by atoms with Gasteiger partial charge in [0.05, 0.1) is 12.9 Å². The molecule has 0 unspecified atom stereocenters. The summed E-state index contributed by atoms with van der Waals surface area (Å²) in [5.41, 5.74) is 1.23. The Morgan fingerprint density at radius 2 is 1.87 bits per heavy atom. The average molecular weight is 196 g/mol. The molecule has 0 bridgehead atoms. The lowest BCUT2D eigenvalue weighted by Crippen LogP contribution is -2.17. The van der Waals surface area contributed by atoms with Crippen LogP contribution in [0.15, 0.2) is 47.5 Å². The maximum Gasteiger partial charge on any atom is 0.0895 e. The van der Waals surface area contributed by atoms with Crippen molar-refractivity contribution in [2.24, 2.45) is 4.99 Å². The molecule has 3 rings (SSSR count). The van der Waals surface area contributed by atoms with Crippen molar-refractivity contribution in [3.05, 3.63) is 42.5 Å². The third kappa shape index (κ3) is 1.48. The van der Waals surface area contributed by atoms with Crippen LogP contribution in [0.2, 0.25) is 0 Å². The highest BCUT2D eigenvalue weighted by Crippen LogP contribution is 2.22. The maximum atomic E-state index is 4.22. The molecule has 0 spiro atoms. The number of hydrogen-bond acceptors (Lipinski definition) is 2. The van der Waals surface area contributed by atoms with Gasteiger partial charge in [0, 0.05) is 12.2 Å². The molecule has 2 aromatic rings. The highest BCUT2D eigenvalue weighted by atomic mass is 15.2. The van der Waals surface area contributed by atoms with E-state index in [0.29, 0.717) is 0 Å². The zero-order chi connectivity index (χ0) is 10.1. The van der Waals surface area contributed by atoms with Crippen molar-refractivity contribution < 1.29 is 0 Å². The molecule has 1 aliphatic heterocycles. The zero-order valence-corrected chi connectivity index (χ0v) is 8.43. The Morgan fingerprint density at radius 3 is 2.67 bits per heavy atom. The van der Waals surface area contributed by atoms with E-state index >= 15 is 0 Å². The summed E-state index contributed by atoms with van der Waals surface area (Å²) >= 11 is 0. The highest BCUT2D eigenvalue weighted by Gasteiger charge is 2.07. The topological polar surface area (TPSA) is 15.6 Å². The number of fused-ring (bicyclic) bond motifs is 1. The van der Waals surface area contributed by atoms with Crippen molar-refractivity contribution in [2.45, 2.75) is 0 Å². The van der Waals surface area contributed by atoms with Gasteiger partial charge in [-0.1, -0.05) is 30.3 Å². The van der Waals surface area contributed by atoms with Crippen LogP contribution in [-0.2, 0) is 0 Å². The fourth-order valence-electron chi connectivity index (χ4n) is 1.93. The maximum absolute atomic E-state index is 4.22. The van der Waals surface area contributed by atoms with Gasteiger partial charge in [-0.15, -0.1) is 0 Å². The summed E-state index contributed by atoms with van der Waals surface area (Å²) in [7, 11) is 0. The van der Waals surface area contributed by atoms with Gasteiger partial charge >= 0.3 is 0 Å². The molecule has 74 valence electrons. The Balaban J connectivity index is 2.09. The highest BCUT2D eigenvalue weighted by molar-refractivity contribution is 5.90. The molecule has 0 amide bonds. The van der Waals surface area contributed by atoms with Gasteiger partial charge in [0.25, 0.3) is 0 Å². The predicted octanol–water partition coefficient (Wildman–Crippen LogP) is 2.69. The standard InChI is InChI=1S/C13H12N2/c1-2-4-12-9-13(6-5-11(12)3-1)15-8-7-14-10-15/h1-6,9-10H,7-8H2. The molecule has 0 atom stereocenters. The first-order valence-electron chi connectivity index (χ1n) is 5.19. The van der Waals surface area contributed by atoms with Crippen LogP contribution in [-0.4, -0.2) is 19.4 Å². The fourth-order valence-corrected chi connectivity index (χ4v) is 1.93. The minimum absolute atomic E-state index is 0.910. The lowest BCUT2D eigenvalue weighted by Gasteiger charge is -2.14. The van der Waals surface area contributed by atoms with Crippen LogP contribution in [0.5, 0.6) is 0 Å². The van der Waals surface area contributed by atoms with Crippen molar-refractivity contribution in [1.82, 2.24) is 0 Å². The first kappa shape index (κ1) is 8.48. The van der Waals surface area contributed by atoms with Crippen molar-refractivity contribution in [3.8, 4) is 0 Å². The van der Waals surface area contributed by atoms with Crippen LogP contribution in [0.1, 0.15) is 0 Å². The van der Waals surface area contributed by atoms with E-state index in [4.69, 9.17) is 0 Å². The van der Waals surface area contributed by atoms with Gasteiger partial charge in [-0.25, -0.2) is 0 Å². The molecule has 2 heteroatoms. The molecule has 0 radical (unpaired) electrons. The van der Waals surface area contributed by atoms with Gasteiger partial charge in [-0.3, -0.25) is 4.99 Å². The number of aliphatic imine (C=N–C) groups is 1. The summed E-state index contributed by atoms with van der Waals surface area (Å²) in [5, 5.41) is 2.58. The second kappa shape index (κ2) is 3.39. The van der Waals surface area contributed by atoms with Crippen LogP contribution in [0.25, 0.3) is 10.8 Å². The van der Waals surface area contributed by atoms with Gasteiger partial charge in [0.1, 0.15) is 0 Å². The Hall–Kier alpha value is -1.83. The minimum Gasteiger partial charge on any atom is -0.331 e. The van der Waals surface area contributed by atoms with Crippen LogP contribution in [0.4, 0.5) is 5.69 Å². The van der Waals surface area contributed by atoms with Gasteiger partial charge in [0.2, 0.25) is 0 Å². The lowest BCUT2D eigenvalue weighted by atomic mass is 10.1.